The molecule has 0 aromatic heterocycles. The van der Waals surface area contributed by atoms with Crippen molar-refractivity contribution < 1.29 is 17.9 Å². The molecular weight excluding hydrogens is 412 g/mol. The molecule has 0 aliphatic heterocycles. The van der Waals surface area contributed by atoms with Crippen LogP contribution in [0.1, 0.15) is 15.9 Å². The monoisotopic (exact) mass is 430 g/mol. The zero-order valence-corrected chi connectivity index (χ0v) is 17.1. The smallest absolute Gasteiger partial charge is 0.261 e. The fourth-order valence-electron chi connectivity index (χ4n) is 2.55. The molecule has 0 unspecified atom stereocenters. The Balaban J connectivity index is 1.61. The van der Waals surface area contributed by atoms with E-state index in [0.29, 0.717) is 22.8 Å². The molecule has 0 aliphatic rings. The summed E-state index contributed by atoms with van der Waals surface area (Å²) in [4.78, 5) is 12.4. The van der Waals surface area contributed by atoms with Gasteiger partial charge < -0.3 is 10.1 Å². The predicted molar refractivity (Wildman–Crippen MR) is 113 cm³/mol. The van der Waals surface area contributed by atoms with Gasteiger partial charge in [0.1, 0.15) is 5.75 Å². The van der Waals surface area contributed by atoms with Gasteiger partial charge in [0, 0.05) is 22.8 Å². The van der Waals surface area contributed by atoms with Crippen LogP contribution < -0.4 is 14.8 Å². The lowest BCUT2D eigenvalue weighted by Crippen LogP contribution is -2.22. The van der Waals surface area contributed by atoms with Crippen LogP contribution in [0, 0.1) is 0 Å². The first kappa shape index (κ1) is 20.7. The second-order valence-corrected chi connectivity index (χ2v) is 8.29. The maximum absolute atomic E-state index is 12.4. The number of anilines is 1. The molecule has 29 heavy (non-hydrogen) atoms. The van der Waals surface area contributed by atoms with E-state index >= 15 is 0 Å². The molecule has 1 amide bonds. The topological polar surface area (TPSA) is 84.5 Å². The quantitative estimate of drug-likeness (QED) is 0.591. The van der Waals surface area contributed by atoms with Gasteiger partial charge in [0.05, 0.1) is 12.0 Å². The summed E-state index contributed by atoms with van der Waals surface area (Å²) in [6, 6.07) is 19.4. The molecule has 3 aromatic carbocycles. The molecule has 2 N–H and O–H groups in total. The molecule has 0 atom stereocenters. The van der Waals surface area contributed by atoms with Gasteiger partial charge in [-0.2, -0.15) is 0 Å². The highest BCUT2D eigenvalue weighted by atomic mass is 35.5. The van der Waals surface area contributed by atoms with Gasteiger partial charge in [-0.1, -0.05) is 23.7 Å². The average Bonchev–Trinajstić information content (AvgIpc) is 2.73. The number of methoxy groups -OCH3 is 1. The van der Waals surface area contributed by atoms with Crippen LogP contribution >= 0.6 is 11.6 Å². The highest BCUT2D eigenvalue weighted by molar-refractivity contribution is 7.92. The zero-order chi connectivity index (χ0) is 20.9. The Hall–Kier alpha value is -3.03. The molecule has 0 heterocycles. The van der Waals surface area contributed by atoms with Crippen LogP contribution in [-0.2, 0) is 16.6 Å². The van der Waals surface area contributed by atoms with Crippen molar-refractivity contribution in [3.63, 3.8) is 0 Å². The second kappa shape index (κ2) is 8.98. The molecule has 0 aliphatic carbocycles. The fraction of sp³-hybridized carbons (Fsp3) is 0.0952. The molecule has 0 saturated carbocycles. The first-order valence-corrected chi connectivity index (χ1v) is 10.5. The van der Waals surface area contributed by atoms with Crippen molar-refractivity contribution in [2.45, 2.75) is 11.4 Å². The molecule has 0 radical (unpaired) electrons. The number of hydrogen-bond acceptors (Lipinski definition) is 4. The number of carbonyl (C=O) groups excluding carboxylic acids is 1. The van der Waals surface area contributed by atoms with E-state index in [1.807, 2.05) is 24.3 Å². The minimum Gasteiger partial charge on any atom is -0.497 e. The van der Waals surface area contributed by atoms with E-state index < -0.39 is 10.0 Å². The van der Waals surface area contributed by atoms with Crippen LogP contribution in [0.15, 0.2) is 77.7 Å². The van der Waals surface area contributed by atoms with Crippen LogP contribution in [0.4, 0.5) is 5.69 Å². The number of nitrogens with one attached hydrogen (secondary N) is 2. The Morgan fingerprint density at radius 1 is 0.931 bits per heavy atom. The maximum atomic E-state index is 12.4. The first-order chi connectivity index (χ1) is 13.9. The zero-order valence-electron chi connectivity index (χ0n) is 15.6. The molecule has 8 heteroatoms. The summed E-state index contributed by atoms with van der Waals surface area (Å²) < 4.78 is 32.4. The lowest BCUT2D eigenvalue weighted by molar-refractivity contribution is 0.0951. The standard InChI is InChI=1S/C21H19ClN2O4S/c1-28-19-10-2-15(3-11-19)14-23-21(25)16-4-8-18(9-5-16)24-29(26,27)20-12-6-17(22)7-13-20/h2-13,24H,14H2,1H3,(H,23,25). The first-order valence-electron chi connectivity index (χ1n) is 8.67. The molecule has 0 fully saturated rings. The molecule has 6 nitrogen and oxygen atoms in total. The summed E-state index contributed by atoms with van der Waals surface area (Å²) in [5.41, 5.74) is 1.71. The molecular formula is C21H19ClN2O4S. The molecule has 3 rings (SSSR count). The largest absolute Gasteiger partial charge is 0.497 e. The van der Waals surface area contributed by atoms with Crippen LogP contribution in [-0.4, -0.2) is 21.4 Å². The summed E-state index contributed by atoms with van der Waals surface area (Å²) in [6.45, 7) is 0.369. The van der Waals surface area contributed by atoms with Crippen LogP contribution in [0.25, 0.3) is 0 Å². The van der Waals surface area contributed by atoms with Gasteiger partial charge in [-0.25, -0.2) is 8.42 Å². The Morgan fingerprint density at radius 3 is 2.14 bits per heavy atom. The van der Waals surface area contributed by atoms with Gasteiger partial charge in [-0.3, -0.25) is 9.52 Å². The minimum atomic E-state index is -3.73. The van der Waals surface area contributed by atoms with Gasteiger partial charge in [-0.05, 0) is 66.2 Å². The lowest BCUT2D eigenvalue weighted by atomic mass is 10.2. The SMILES string of the molecule is COc1ccc(CNC(=O)c2ccc(NS(=O)(=O)c3ccc(Cl)cc3)cc2)cc1. The normalized spacial score (nSPS) is 11.0. The Labute approximate surface area is 174 Å². The van der Waals surface area contributed by atoms with Crippen molar-refractivity contribution in [2.75, 3.05) is 11.8 Å². The van der Waals surface area contributed by atoms with E-state index in [1.165, 1.54) is 36.4 Å². The van der Waals surface area contributed by atoms with Crippen molar-refractivity contribution in [1.82, 2.24) is 5.32 Å². The van der Waals surface area contributed by atoms with Crippen LogP contribution in [0.2, 0.25) is 5.02 Å². The third kappa shape index (κ3) is 5.49. The Bertz CT molecular complexity index is 1080. The van der Waals surface area contributed by atoms with Crippen molar-refractivity contribution in [3.05, 3.63) is 88.9 Å². The van der Waals surface area contributed by atoms with Crippen LogP contribution in [0.3, 0.4) is 0 Å². The molecule has 0 saturated heterocycles. The van der Waals surface area contributed by atoms with Crippen molar-refractivity contribution >= 4 is 33.2 Å². The second-order valence-electron chi connectivity index (χ2n) is 6.17. The third-order valence-corrected chi connectivity index (χ3v) is 5.78. The average molecular weight is 431 g/mol. The summed E-state index contributed by atoms with van der Waals surface area (Å²) in [5, 5.41) is 3.27. The number of halogens is 1. The van der Waals surface area contributed by atoms with Crippen LogP contribution in [0.5, 0.6) is 5.75 Å². The number of amides is 1. The van der Waals surface area contributed by atoms with Gasteiger partial charge >= 0.3 is 0 Å². The summed E-state index contributed by atoms with van der Waals surface area (Å²) in [6.07, 6.45) is 0. The lowest BCUT2D eigenvalue weighted by Gasteiger charge is -2.10. The van der Waals surface area contributed by atoms with E-state index in [1.54, 1.807) is 19.2 Å². The molecule has 0 spiro atoms. The van der Waals surface area contributed by atoms with Gasteiger partial charge in [0.2, 0.25) is 0 Å². The molecule has 3 aromatic rings. The maximum Gasteiger partial charge on any atom is 0.261 e. The highest BCUT2D eigenvalue weighted by Crippen LogP contribution is 2.19. The van der Waals surface area contributed by atoms with E-state index in [4.69, 9.17) is 16.3 Å². The Morgan fingerprint density at radius 2 is 1.55 bits per heavy atom. The minimum absolute atomic E-state index is 0.100. The summed E-state index contributed by atoms with van der Waals surface area (Å²) in [5.74, 6) is 0.490. The predicted octanol–water partition coefficient (Wildman–Crippen LogP) is 4.08. The number of sulfonamides is 1. The third-order valence-electron chi connectivity index (χ3n) is 4.14. The van der Waals surface area contributed by atoms with Gasteiger partial charge in [-0.15, -0.1) is 0 Å². The van der Waals surface area contributed by atoms with E-state index in [0.717, 1.165) is 11.3 Å². The van der Waals surface area contributed by atoms with Crippen molar-refractivity contribution in [2.24, 2.45) is 0 Å². The van der Waals surface area contributed by atoms with Crippen molar-refractivity contribution in [3.8, 4) is 5.75 Å². The van der Waals surface area contributed by atoms with Crippen molar-refractivity contribution in [1.29, 1.82) is 0 Å². The van der Waals surface area contributed by atoms with E-state index in [9.17, 15) is 13.2 Å². The highest BCUT2D eigenvalue weighted by Gasteiger charge is 2.14. The van der Waals surface area contributed by atoms with Gasteiger partial charge in [0.25, 0.3) is 15.9 Å². The number of benzene rings is 3. The number of rotatable bonds is 7. The van der Waals surface area contributed by atoms with E-state index in [-0.39, 0.29) is 10.8 Å². The molecule has 0 bridgehead atoms. The van der Waals surface area contributed by atoms with Gasteiger partial charge in [0.15, 0.2) is 0 Å². The molecule has 150 valence electrons. The summed E-state index contributed by atoms with van der Waals surface area (Å²) in [7, 11) is -2.14. The fourth-order valence-corrected chi connectivity index (χ4v) is 3.73. The number of carbonyl (C=O) groups is 1. The van der Waals surface area contributed by atoms with E-state index in [2.05, 4.69) is 10.0 Å². The number of ether oxygens (including phenoxy) is 1. The Kier molecular flexibility index (Phi) is 6.41. The summed E-state index contributed by atoms with van der Waals surface area (Å²) >= 11 is 5.79. The number of hydrogen-bond donors (Lipinski definition) is 2.